The van der Waals surface area contributed by atoms with Crippen molar-refractivity contribution in [2.75, 3.05) is 39.4 Å². The van der Waals surface area contributed by atoms with Crippen LogP contribution in [0.3, 0.4) is 0 Å². The normalized spacial score (nSPS) is 28.3. The molecule has 1 saturated heterocycles. The fraction of sp³-hybridized carbons (Fsp3) is 0.647. The maximum absolute atomic E-state index is 5.42. The average Bonchev–Trinajstić information content (AvgIpc) is 2.88. The highest BCUT2D eigenvalue weighted by molar-refractivity contribution is 5.33. The lowest BCUT2D eigenvalue weighted by Gasteiger charge is -2.30. The van der Waals surface area contributed by atoms with Crippen molar-refractivity contribution in [2.24, 2.45) is 10.3 Å². The van der Waals surface area contributed by atoms with Crippen molar-refractivity contribution >= 4 is 0 Å². The Labute approximate surface area is 131 Å². The van der Waals surface area contributed by atoms with E-state index in [1.807, 2.05) is 0 Å². The Morgan fingerprint density at radius 2 is 2.00 bits per heavy atom. The standard InChI is InChI=1S/C17H24N4O/c1-2-6-15-14(4-1)5-3-7-16-17(15)18-19-21(16)9-8-20-10-12-22-13-11-20/h1-2,4,6,16-17H,3,5,7-13H2/t16-,17-/m1/s1. The molecule has 0 aromatic heterocycles. The van der Waals surface area contributed by atoms with Gasteiger partial charge in [-0.3, -0.25) is 9.91 Å². The first-order valence-electron chi connectivity index (χ1n) is 8.47. The van der Waals surface area contributed by atoms with Crippen LogP contribution in [0.25, 0.3) is 0 Å². The van der Waals surface area contributed by atoms with Crippen LogP contribution in [-0.2, 0) is 11.2 Å². The second-order valence-corrected chi connectivity index (χ2v) is 6.43. The van der Waals surface area contributed by atoms with Crippen LogP contribution in [0.4, 0.5) is 0 Å². The van der Waals surface area contributed by atoms with Crippen molar-refractivity contribution in [1.29, 1.82) is 0 Å². The smallest absolute Gasteiger partial charge is 0.120 e. The first-order valence-corrected chi connectivity index (χ1v) is 8.47. The van der Waals surface area contributed by atoms with E-state index in [4.69, 9.17) is 4.74 Å². The highest BCUT2D eigenvalue weighted by Crippen LogP contribution is 2.38. The Balaban J connectivity index is 1.43. The molecule has 2 atom stereocenters. The number of nitrogens with zero attached hydrogens (tertiary/aromatic N) is 4. The number of fused-ring (bicyclic) bond motifs is 3. The van der Waals surface area contributed by atoms with Crippen molar-refractivity contribution in [3.63, 3.8) is 0 Å². The van der Waals surface area contributed by atoms with E-state index in [-0.39, 0.29) is 6.04 Å². The molecule has 0 amide bonds. The Morgan fingerprint density at radius 3 is 2.91 bits per heavy atom. The summed E-state index contributed by atoms with van der Waals surface area (Å²) in [4.78, 5) is 2.47. The SMILES string of the molecule is c1ccc2c(c1)CCC[C@@H]1[C@@H]2N=NN1CCN1CCOCC1. The number of ether oxygens (including phenoxy) is 1. The third-order valence-corrected chi connectivity index (χ3v) is 5.11. The third-order valence-electron chi connectivity index (χ3n) is 5.11. The van der Waals surface area contributed by atoms with Gasteiger partial charge in [-0.1, -0.05) is 29.5 Å². The maximum atomic E-state index is 5.42. The molecule has 118 valence electrons. The number of morpholine rings is 1. The summed E-state index contributed by atoms with van der Waals surface area (Å²) in [6.45, 7) is 5.85. The quantitative estimate of drug-likeness (QED) is 0.861. The molecule has 1 fully saturated rings. The van der Waals surface area contributed by atoms with Gasteiger partial charge < -0.3 is 4.74 Å². The van der Waals surface area contributed by atoms with Crippen LogP contribution in [0.2, 0.25) is 0 Å². The van der Waals surface area contributed by atoms with Gasteiger partial charge >= 0.3 is 0 Å². The Morgan fingerprint density at radius 1 is 1.14 bits per heavy atom. The van der Waals surface area contributed by atoms with E-state index in [9.17, 15) is 0 Å². The van der Waals surface area contributed by atoms with Gasteiger partial charge in [-0.2, -0.15) is 5.11 Å². The Hall–Kier alpha value is -1.46. The van der Waals surface area contributed by atoms with Gasteiger partial charge in [0.1, 0.15) is 6.04 Å². The van der Waals surface area contributed by atoms with Crippen LogP contribution in [0.5, 0.6) is 0 Å². The number of hydrogen-bond acceptors (Lipinski definition) is 5. The van der Waals surface area contributed by atoms with E-state index in [1.54, 1.807) is 0 Å². The molecule has 3 aliphatic rings. The maximum Gasteiger partial charge on any atom is 0.120 e. The first kappa shape index (κ1) is 14.2. The lowest BCUT2D eigenvalue weighted by atomic mass is 9.97. The van der Waals surface area contributed by atoms with Gasteiger partial charge in [0.2, 0.25) is 0 Å². The number of benzene rings is 1. The number of rotatable bonds is 3. The molecule has 2 aliphatic heterocycles. The van der Waals surface area contributed by atoms with Gasteiger partial charge in [0.15, 0.2) is 0 Å². The van der Waals surface area contributed by atoms with Crippen molar-refractivity contribution in [2.45, 2.75) is 31.3 Å². The monoisotopic (exact) mass is 300 g/mol. The number of hydrogen-bond donors (Lipinski definition) is 0. The highest BCUT2D eigenvalue weighted by atomic mass is 16.5. The minimum atomic E-state index is 0.239. The summed E-state index contributed by atoms with van der Waals surface area (Å²) < 4.78 is 5.42. The molecule has 1 aromatic rings. The van der Waals surface area contributed by atoms with Gasteiger partial charge in [-0.25, -0.2) is 0 Å². The summed E-state index contributed by atoms with van der Waals surface area (Å²) >= 11 is 0. The number of aryl methyl sites for hydroxylation is 1. The van der Waals surface area contributed by atoms with Crippen LogP contribution in [-0.4, -0.2) is 55.3 Å². The van der Waals surface area contributed by atoms with E-state index in [2.05, 4.69) is 44.5 Å². The minimum Gasteiger partial charge on any atom is -0.379 e. The zero-order valence-corrected chi connectivity index (χ0v) is 13.0. The first-order chi connectivity index (χ1) is 10.9. The lowest BCUT2D eigenvalue weighted by Crippen LogP contribution is -2.42. The van der Waals surface area contributed by atoms with E-state index >= 15 is 0 Å². The van der Waals surface area contributed by atoms with Crippen LogP contribution < -0.4 is 0 Å². The Kier molecular flexibility index (Phi) is 4.08. The summed E-state index contributed by atoms with van der Waals surface area (Å²) in [5.41, 5.74) is 2.85. The summed E-state index contributed by atoms with van der Waals surface area (Å²) in [5.74, 6) is 0. The van der Waals surface area contributed by atoms with Gasteiger partial charge in [-0.05, 0) is 30.4 Å². The summed E-state index contributed by atoms with van der Waals surface area (Å²) in [6.07, 6.45) is 3.60. The molecular formula is C17H24N4O. The predicted octanol–water partition coefficient (Wildman–Crippen LogP) is 2.45. The van der Waals surface area contributed by atoms with Crippen molar-refractivity contribution in [3.8, 4) is 0 Å². The van der Waals surface area contributed by atoms with E-state index in [1.165, 1.54) is 30.4 Å². The topological polar surface area (TPSA) is 40.4 Å². The molecule has 5 heteroatoms. The second-order valence-electron chi connectivity index (χ2n) is 6.43. The third kappa shape index (κ3) is 2.75. The molecule has 0 radical (unpaired) electrons. The van der Waals surface area contributed by atoms with Crippen molar-refractivity contribution in [3.05, 3.63) is 35.4 Å². The molecule has 0 N–H and O–H groups in total. The van der Waals surface area contributed by atoms with Crippen LogP contribution in [0, 0.1) is 0 Å². The molecule has 0 bridgehead atoms. The zero-order valence-electron chi connectivity index (χ0n) is 13.0. The molecule has 2 heterocycles. The minimum absolute atomic E-state index is 0.239. The van der Waals surface area contributed by atoms with E-state index in [0.29, 0.717) is 6.04 Å². The van der Waals surface area contributed by atoms with Gasteiger partial charge in [0, 0.05) is 19.6 Å². The molecule has 1 aromatic carbocycles. The zero-order chi connectivity index (χ0) is 14.8. The molecule has 0 unspecified atom stereocenters. The van der Waals surface area contributed by atoms with Crippen molar-refractivity contribution in [1.82, 2.24) is 9.91 Å². The average molecular weight is 300 g/mol. The molecule has 22 heavy (non-hydrogen) atoms. The van der Waals surface area contributed by atoms with Crippen LogP contribution in [0.15, 0.2) is 34.6 Å². The highest BCUT2D eigenvalue weighted by Gasteiger charge is 2.36. The summed E-state index contributed by atoms with van der Waals surface area (Å²) in [7, 11) is 0. The molecular weight excluding hydrogens is 276 g/mol. The van der Waals surface area contributed by atoms with Crippen molar-refractivity contribution < 1.29 is 4.74 Å². The van der Waals surface area contributed by atoms with E-state index < -0.39 is 0 Å². The fourth-order valence-corrected chi connectivity index (χ4v) is 3.84. The Bertz CT molecular complexity index is 541. The predicted molar refractivity (Wildman–Crippen MR) is 84.7 cm³/mol. The van der Waals surface area contributed by atoms with Crippen LogP contribution >= 0.6 is 0 Å². The fourth-order valence-electron chi connectivity index (χ4n) is 3.84. The molecule has 5 nitrogen and oxygen atoms in total. The molecule has 0 saturated carbocycles. The summed E-state index contributed by atoms with van der Waals surface area (Å²) in [5, 5.41) is 11.4. The van der Waals surface area contributed by atoms with Crippen LogP contribution in [0.1, 0.15) is 30.0 Å². The van der Waals surface area contributed by atoms with Gasteiger partial charge in [0.05, 0.1) is 25.8 Å². The second kappa shape index (κ2) is 6.34. The lowest BCUT2D eigenvalue weighted by molar-refractivity contribution is 0.0313. The largest absolute Gasteiger partial charge is 0.379 e. The van der Waals surface area contributed by atoms with Gasteiger partial charge in [0.25, 0.3) is 0 Å². The molecule has 1 aliphatic carbocycles. The molecule has 4 rings (SSSR count). The molecule has 0 spiro atoms. The van der Waals surface area contributed by atoms with Gasteiger partial charge in [-0.15, -0.1) is 0 Å². The summed E-state index contributed by atoms with van der Waals surface area (Å²) in [6, 6.07) is 9.45. The van der Waals surface area contributed by atoms with E-state index in [0.717, 1.165) is 39.4 Å².